The Balaban J connectivity index is 1.36. The van der Waals surface area contributed by atoms with Gasteiger partial charge in [-0.25, -0.2) is 9.97 Å². The summed E-state index contributed by atoms with van der Waals surface area (Å²) in [4.78, 5) is 28.7. The van der Waals surface area contributed by atoms with E-state index >= 15 is 0 Å². The quantitative estimate of drug-likeness (QED) is 0.418. The molecule has 1 aliphatic rings. The van der Waals surface area contributed by atoms with Crippen LogP contribution in [0.15, 0.2) is 79.6 Å². The van der Waals surface area contributed by atoms with Gasteiger partial charge in [0.25, 0.3) is 5.91 Å². The lowest BCUT2D eigenvalue weighted by Crippen LogP contribution is -2.39. The zero-order valence-corrected chi connectivity index (χ0v) is 19.2. The van der Waals surface area contributed by atoms with Gasteiger partial charge in [-0.1, -0.05) is 30.3 Å². The normalized spacial score (nSPS) is 15.8. The third kappa shape index (κ3) is 4.83. The smallest absolute Gasteiger partial charge is 0.254 e. The molecule has 2 aromatic carbocycles. The number of amides is 1. The van der Waals surface area contributed by atoms with Gasteiger partial charge in [-0.15, -0.1) is 0 Å². The molecule has 3 heterocycles. The van der Waals surface area contributed by atoms with Crippen LogP contribution in [0.4, 0.5) is 0 Å². The van der Waals surface area contributed by atoms with Gasteiger partial charge in [-0.3, -0.25) is 9.78 Å². The Labute approximate surface area is 199 Å². The lowest BCUT2D eigenvalue weighted by atomic mass is 9.93. The van der Waals surface area contributed by atoms with Crippen LogP contribution < -0.4 is 4.74 Å². The number of rotatable bonds is 6. The van der Waals surface area contributed by atoms with Crippen LogP contribution in [0.2, 0.25) is 0 Å². The van der Waals surface area contributed by atoms with Crippen LogP contribution in [0, 0.1) is 6.92 Å². The Bertz CT molecular complexity index is 1270. The number of piperidine rings is 1. The van der Waals surface area contributed by atoms with E-state index in [0.29, 0.717) is 19.0 Å². The van der Waals surface area contributed by atoms with Crippen LogP contribution in [0.1, 0.15) is 45.9 Å². The summed E-state index contributed by atoms with van der Waals surface area (Å²) in [5.41, 5.74) is 3.63. The summed E-state index contributed by atoms with van der Waals surface area (Å²) in [6.45, 7) is 3.95. The van der Waals surface area contributed by atoms with Crippen LogP contribution in [0.5, 0.6) is 11.6 Å². The Hall–Kier alpha value is -4.00. The zero-order chi connectivity index (χ0) is 23.3. The Morgan fingerprint density at radius 1 is 1.09 bits per heavy atom. The first-order valence-electron chi connectivity index (χ1n) is 11.6. The second kappa shape index (κ2) is 9.87. The lowest BCUT2D eigenvalue weighted by Gasteiger charge is -2.33. The maximum absolute atomic E-state index is 13.6. The number of hydrogen-bond acceptors (Lipinski definition) is 5. The standard InChI is InChI=1S/C27H27N5O2/c1-20-6-4-9-23(16-20)34-26-25(29-11-12-30-26)22-8-5-14-32(18-22)27(33)24-10-3-2-7-21(24)17-31-15-13-28-19-31/h2-4,6-7,9-13,15-16,19,22H,5,8,14,17-18H2,1H3. The average Bonchev–Trinajstić information content (AvgIpc) is 3.38. The van der Waals surface area contributed by atoms with Crippen molar-refractivity contribution in [3.05, 3.63) is 102 Å². The average molecular weight is 454 g/mol. The van der Waals surface area contributed by atoms with E-state index in [1.165, 1.54) is 0 Å². The van der Waals surface area contributed by atoms with Gasteiger partial charge in [-0.05, 0) is 49.1 Å². The van der Waals surface area contributed by atoms with Crippen LogP contribution in [-0.4, -0.2) is 43.4 Å². The molecule has 1 saturated heterocycles. The highest BCUT2D eigenvalue weighted by atomic mass is 16.5. The molecule has 2 aromatic heterocycles. The van der Waals surface area contributed by atoms with E-state index in [0.717, 1.165) is 47.5 Å². The fraction of sp³-hybridized carbons (Fsp3) is 0.259. The molecule has 5 rings (SSSR count). The van der Waals surface area contributed by atoms with Crippen molar-refractivity contribution in [3.8, 4) is 11.6 Å². The topological polar surface area (TPSA) is 73.1 Å². The van der Waals surface area contributed by atoms with Crippen LogP contribution in [0.25, 0.3) is 0 Å². The van der Waals surface area contributed by atoms with Gasteiger partial charge in [-0.2, -0.15) is 0 Å². The zero-order valence-electron chi connectivity index (χ0n) is 19.2. The predicted octanol–water partition coefficient (Wildman–Crippen LogP) is 4.84. The summed E-state index contributed by atoms with van der Waals surface area (Å²) in [5.74, 6) is 1.35. The van der Waals surface area contributed by atoms with Crippen LogP contribution in [0.3, 0.4) is 0 Å². The maximum atomic E-state index is 13.6. The molecule has 0 radical (unpaired) electrons. The summed E-state index contributed by atoms with van der Waals surface area (Å²) < 4.78 is 8.09. The van der Waals surface area contributed by atoms with Gasteiger partial charge in [0.05, 0.1) is 6.33 Å². The van der Waals surface area contributed by atoms with E-state index in [1.807, 2.05) is 71.1 Å². The molecule has 1 amide bonds. The second-order valence-corrected chi connectivity index (χ2v) is 8.65. The summed E-state index contributed by atoms with van der Waals surface area (Å²) in [5, 5.41) is 0. The van der Waals surface area contributed by atoms with Crippen molar-refractivity contribution in [2.75, 3.05) is 13.1 Å². The first-order chi connectivity index (χ1) is 16.7. The fourth-order valence-electron chi connectivity index (χ4n) is 4.48. The number of imidazole rings is 1. The Morgan fingerprint density at radius 3 is 2.82 bits per heavy atom. The van der Waals surface area contributed by atoms with E-state index in [4.69, 9.17) is 4.74 Å². The van der Waals surface area contributed by atoms with E-state index in [9.17, 15) is 4.79 Å². The monoisotopic (exact) mass is 453 g/mol. The van der Waals surface area contributed by atoms with Crippen LogP contribution >= 0.6 is 0 Å². The van der Waals surface area contributed by atoms with Gasteiger partial charge in [0.15, 0.2) is 0 Å². The van der Waals surface area contributed by atoms with Gasteiger partial charge in [0, 0.05) is 55.9 Å². The molecule has 0 bridgehead atoms. The van der Waals surface area contributed by atoms with Gasteiger partial charge in [0.1, 0.15) is 11.4 Å². The molecule has 0 N–H and O–H groups in total. The summed E-state index contributed by atoms with van der Waals surface area (Å²) >= 11 is 0. The highest BCUT2D eigenvalue weighted by Gasteiger charge is 2.29. The molecule has 1 unspecified atom stereocenters. The minimum atomic E-state index is 0.0467. The number of benzene rings is 2. The molecule has 1 atom stereocenters. The van der Waals surface area contributed by atoms with E-state index in [1.54, 1.807) is 24.9 Å². The molecule has 1 aliphatic heterocycles. The van der Waals surface area contributed by atoms with E-state index in [-0.39, 0.29) is 11.8 Å². The number of carbonyl (C=O) groups excluding carboxylic acids is 1. The number of aryl methyl sites for hydroxylation is 1. The number of hydrogen-bond donors (Lipinski definition) is 0. The minimum absolute atomic E-state index is 0.0467. The summed E-state index contributed by atoms with van der Waals surface area (Å²) in [6, 6.07) is 15.7. The second-order valence-electron chi connectivity index (χ2n) is 8.65. The third-order valence-electron chi connectivity index (χ3n) is 6.15. The van der Waals surface area contributed by atoms with Crippen molar-refractivity contribution in [1.82, 2.24) is 24.4 Å². The lowest BCUT2D eigenvalue weighted by molar-refractivity contribution is 0.0703. The predicted molar refractivity (Wildman–Crippen MR) is 129 cm³/mol. The highest BCUT2D eigenvalue weighted by Crippen LogP contribution is 2.33. The SMILES string of the molecule is Cc1cccc(Oc2nccnc2C2CCCN(C(=O)c3ccccc3Cn3ccnc3)C2)c1. The molecule has 34 heavy (non-hydrogen) atoms. The number of nitrogens with zero attached hydrogens (tertiary/aromatic N) is 5. The molecule has 0 saturated carbocycles. The van der Waals surface area contributed by atoms with Gasteiger partial charge in [0.2, 0.25) is 5.88 Å². The molecule has 1 fully saturated rings. The molecular weight excluding hydrogens is 426 g/mol. The van der Waals surface area contributed by atoms with E-state index < -0.39 is 0 Å². The molecule has 4 aromatic rings. The van der Waals surface area contributed by atoms with Crippen molar-refractivity contribution >= 4 is 5.91 Å². The maximum Gasteiger partial charge on any atom is 0.254 e. The molecule has 7 nitrogen and oxygen atoms in total. The fourth-order valence-corrected chi connectivity index (χ4v) is 4.48. The minimum Gasteiger partial charge on any atom is -0.437 e. The van der Waals surface area contributed by atoms with Crippen molar-refractivity contribution in [2.45, 2.75) is 32.2 Å². The molecule has 172 valence electrons. The van der Waals surface area contributed by atoms with Crippen LogP contribution in [-0.2, 0) is 6.54 Å². The number of aromatic nitrogens is 4. The first-order valence-corrected chi connectivity index (χ1v) is 11.6. The van der Waals surface area contributed by atoms with Gasteiger partial charge >= 0.3 is 0 Å². The van der Waals surface area contributed by atoms with Crippen molar-refractivity contribution in [2.24, 2.45) is 0 Å². The number of carbonyl (C=O) groups is 1. The van der Waals surface area contributed by atoms with Crippen molar-refractivity contribution < 1.29 is 9.53 Å². The highest BCUT2D eigenvalue weighted by molar-refractivity contribution is 5.95. The molecule has 0 spiro atoms. The van der Waals surface area contributed by atoms with Crippen molar-refractivity contribution in [1.29, 1.82) is 0 Å². The number of ether oxygens (including phenoxy) is 1. The van der Waals surface area contributed by atoms with E-state index in [2.05, 4.69) is 15.0 Å². The molecule has 7 heteroatoms. The summed E-state index contributed by atoms with van der Waals surface area (Å²) in [7, 11) is 0. The number of likely N-dealkylation sites (tertiary alicyclic amines) is 1. The molecule has 0 aliphatic carbocycles. The third-order valence-corrected chi connectivity index (χ3v) is 6.15. The largest absolute Gasteiger partial charge is 0.437 e. The molecular formula is C27H27N5O2. The Kier molecular flexibility index (Phi) is 6.33. The van der Waals surface area contributed by atoms with Crippen molar-refractivity contribution in [3.63, 3.8) is 0 Å². The van der Waals surface area contributed by atoms with Gasteiger partial charge < -0.3 is 14.2 Å². The Morgan fingerprint density at radius 2 is 1.97 bits per heavy atom. The summed E-state index contributed by atoms with van der Waals surface area (Å²) in [6.07, 6.45) is 10.6. The first kappa shape index (κ1) is 21.8.